The summed E-state index contributed by atoms with van der Waals surface area (Å²) in [5.74, 6) is 1.06. The molecule has 4 rings (SSSR count). The minimum Gasteiger partial charge on any atom is -0.480 e. The van der Waals surface area contributed by atoms with Gasteiger partial charge < -0.3 is 25.7 Å². The molecule has 8 heteroatoms. The molecule has 212 valence electrons. The molecule has 5 N–H and O–H groups in total. The third kappa shape index (κ3) is 5.33. The molecule has 0 aromatic heterocycles. The maximum atomic E-state index is 12.6. The van der Waals surface area contributed by atoms with Crippen molar-refractivity contribution in [2.45, 2.75) is 109 Å². The van der Waals surface area contributed by atoms with Crippen LogP contribution in [0.15, 0.2) is 0 Å². The average molecular weight is 540 g/mol. The van der Waals surface area contributed by atoms with E-state index in [1.165, 1.54) is 0 Å². The maximum absolute atomic E-state index is 12.6. The van der Waals surface area contributed by atoms with E-state index < -0.39 is 24.2 Å². The Morgan fingerprint density at radius 1 is 0.946 bits per heavy atom. The topological polar surface area (TPSA) is 127 Å². The van der Waals surface area contributed by atoms with Gasteiger partial charge in [-0.2, -0.15) is 11.8 Å². The van der Waals surface area contributed by atoms with Gasteiger partial charge in [0, 0.05) is 6.42 Å². The fourth-order valence-corrected chi connectivity index (χ4v) is 10.0. The zero-order valence-electron chi connectivity index (χ0n) is 23.1. The summed E-state index contributed by atoms with van der Waals surface area (Å²) in [6.07, 6.45) is 8.05. The molecule has 0 bridgehead atoms. The van der Waals surface area contributed by atoms with Gasteiger partial charge in [0.05, 0.1) is 18.3 Å². The van der Waals surface area contributed by atoms with Gasteiger partial charge in [-0.1, -0.05) is 20.8 Å². The van der Waals surface area contributed by atoms with Crippen LogP contribution in [0.1, 0.15) is 85.0 Å². The first-order valence-electron chi connectivity index (χ1n) is 14.5. The second-order valence-electron chi connectivity index (χ2n) is 13.3. The molecule has 7 nitrogen and oxygen atoms in total. The highest BCUT2D eigenvalue weighted by molar-refractivity contribution is 7.98. The molecule has 4 fully saturated rings. The van der Waals surface area contributed by atoms with Gasteiger partial charge in [0.2, 0.25) is 5.91 Å². The number of aliphatic carboxylic acids is 1. The summed E-state index contributed by atoms with van der Waals surface area (Å²) in [5, 5.41) is 45.1. The second kappa shape index (κ2) is 11.3. The Hall–Kier alpha value is -0.830. The standard InChI is InChI=1S/C29H49NO6S/c1-16(5-8-23(32)30-22(27(35)36)11-14-37-4)18-6-7-19-24-20(10-13-28(18,19)2)29(3)12-9-17(31)15-21(29)25(33)26(24)34/h16-22,24-26,31,33-34H,5-15H2,1-4H3,(H,30,32)(H,35,36)/t16-,17-,18-,19+,20+,21+,22?,24+,25+,26-,28-,29-/m1/s1. The number of aliphatic hydroxyl groups is 3. The fraction of sp³-hybridized carbons (Fsp3) is 0.931. The lowest BCUT2D eigenvalue weighted by molar-refractivity contribution is -0.223. The van der Waals surface area contributed by atoms with Crippen LogP contribution in [0.25, 0.3) is 0 Å². The summed E-state index contributed by atoms with van der Waals surface area (Å²) in [5.41, 5.74) is 0.0275. The van der Waals surface area contributed by atoms with Crippen LogP contribution in [0, 0.1) is 46.3 Å². The van der Waals surface area contributed by atoms with Crippen molar-refractivity contribution in [2.75, 3.05) is 12.0 Å². The number of aliphatic hydroxyl groups excluding tert-OH is 3. The second-order valence-corrected chi connectivity index (χ2v) is 14.3. The average Bonchev–Trinajstić information content (AvgIpc) is 3.21. The van der Waals surface area contributed by atoms with Gasteiger partial charge in [0.1, 0.15) is 6.04 Å². The number of hydrogen-bond donors (Lipinski definition) is 5. The number of nitrogens with one attached hydrogen (secondary N) is 1. The predicted octanol–water partition coefficient (Wildman–Crippen LogP) is 3.69. The zero-order valence-corrected chi connectivity index (χ0v) is 23.9. The van der Waals surface area contributed by atoms with Crippen LogP contribution in [-0.4, -0.2) is 68.7 Å². The molecule has 0 aromatic rings. The first-order valence-corrected chi connectivity index (χ1v) is 15.9. The molecule has 0 spiro atoms. The summed E-state index contributed by atoms with van der Waals surface area (Å²) in [6.45, 7) is 6.91. The molecule has 4 aliphatic carbocycles. The van der Waals surface area contributed by atoms with Gasteiger partial charge in [0.15, 0.2) is 0 Å². The van der Waals surface area contributed by atoms with Gasteiger partial charge in [0.25, 0.3) is 0 Å². The molecule has 1 amide bonds. The first kappa shape index (κ1) is 29.2. The molecule has 1 unspecified atom stereocenters. The van der Waals surface area contributed by atoms with Crippen molar-refractivity contribution < 1.29 is 30.0 Å². The van der Waals surface area contributed by atoms with Gasteiger partial charge in [-0.3, -0.25) is 4.79 Å². The van der Waals surface area contributed by atoms with E-state index in [2.05, 4.69) is 26.1 Å². The summed E-state index contributed by atoms with van der Waals surface area (Å²) in [4.78, 5) is 24.1. The Morgan fingerprint density at radius 3 is 2.30 bits per heavy atom. The molecular weight excluding hydrogens is 490 g/mol. The molecule has 0 saturated heterocycles. The maximum Gasteiger partial charge on any atom is 0.326 e. The van der Waals surface area contributed by atoms with Gasteiger partial charge in [-0.05, 0) is 116 Å². The molecule has 4 saturated carbocycles. The lowest BCUT2D eigenvalue weighted by Crippen LogP contribution is -2.64. The highest BCUT2D eigenvalue weighted by atomic mass is 32.2. The largest absolute Gasteiger partial charge is 0.480 e. The molecule has 0 heterocycles. The summed E-state index contributed by atoms with van der Waals surface area (Å²) >= 11 is 1.57. The minimum absolute atomic E-state index is 0.0391. The van der Waals surface area contributed by atoms with Crippen molar-refractivity contribution in [3.8, 4) is 0 Å². The third-order valence-electron chi connectivity index (χ3n) is 11.6. The molecule has 12 atom stereocenters. The van der Waals surface area contributed by atoms with Gasteiger partial charge >= 0.3 is 5.97 Å². The number of carbonyl (C=O) groups excluding carboxylic acids is 1. The van der Waals surface area contributed by atoms with E-state index in [1.807, 2.05) is 6.26 Å². The quantitative estimate of drug-likeness (QED) is 0.302. The van der Waals surface area contributed by atoms with Crippen LogP contribution in [0.5, 0.6) is 0 Å². The smallest absolute Gasteiger partial charge is 0.326 e. The third-order valence-corrected chi connectivity index (χ3v) is 12.2. The monoisotopic (exact) mass is 539 g/mol. The van der Waals surface area contributed by atoms with Crippen LogP contribution in [-0.2, 0) is 9.59 Å². The van der Waals surface area contributed by atoms with Gasteiger partial charge in [-0.25, -0.2) is 4.79 Å². The van der Waals surface area contributed by atoms with Crippen LogP contribution in [0.3, 0.4) is 0 Å². The van der Waals surface area contributed by atoms with Crippen LogP contribution >= 0.6 is 11.8 Å². The van der Waals surface area contributed by atoms with Crippen molar-refractivity contribution >= 4 is 23.6 Å². The van der Waals surface area contributed by atoms with Crippen molar-refractivity contribution in [3.05, 3.63) is 0 Å². The Labute approximate surface area is 226 Å². The van der Waals surface area contributed by atoms with Crippen molar-refractivity contribution in [1.29, 1.82) is 0 Å². The molecule has 0 aromatic carbocycles. The number of thioether (sulfide) groups is 1. The predicted molar refractivity (Wildman–Crippen MR) is 145 cm³/mol. The Balaban J connectivity index is 1.42. The Morgan fingerprint density at radius 2 is 1.62 bits per heavy atom. The van der Waals surface area contributed by atoms with E-state index in [0.29, 0.717) is 48.7 Å². The number of carboxylic acids is 1. The Kier molecular flexibility index (Phi) is 8.94. The van der Waals surface area contributed by atoms with Crippen molar-refractivity contribution in [1.82, 2.24) is 5.32 Å². The van der Waals surface area contributed by atoms with Crippen molar-refractivity contribution in [3.63, 3.8) is 0 Å². The molecule has 0 radical (unpaired) electrons. The fourth-order valence-electron chi connectivity index (χ4n) is 9.53. The normalized spacial score (nSPS) is 44.7. The van der Waals surface area contributed by atoms with Gasteiger partial charge in [-0.15, -0.1) is 0 Å². The number of amides is 1. The first-order chi connectivity index (χ1) is 17.4. The highest BCUT2D eigenvalue weighted by Gasteiger charge is 2.65. The minimum atomic E-state index is -0.977. The van der Waals surface area contributed by atoms with E-state index in [-0.39, 0.29) is 34.7 Å². The summed E-state index contributed by atoms with van der Waals surface area (Å²) in [7, 11) is 0. The number of rotatable bonds is 9. The van der Waals surface area contributed by atoms with E-state index in [9.17, 15) is 30.0 Å². The SMILES string of the molecule is CSCCC(NC(=O)CC[C@@H](C)[C@H]1CC[C@H]2[C@@H]3[C@@H](O)[C@@H](O)[C@@H]4C[C@H](O)CC[C@]4(C)[C@H]3CC[C@]12C)C(=O)O. The lowest BCUT2D eigenvalue weighted by Gasteiger charge is -2.63. The molecular formula is C29H49NO6S. The van der Waals surface area contributed by atoms with Crippen LogP contribution in [0.2, 0.25) is 0 Å². The molecule has 4 aliphatic rings. The van der Waals surface area contributed by atoms with E-state index >= 15 is 0 Å². The van der Waals surface area contributed by atoms with E-state index in [0.717, 1.165) is 44.9 Å². The van der Waals surface area contributed by atoms with Crippen LogP contribution < -0.4 is 5.32 Å². The summed E-state index contributed by atoms with van der Waals surface area (Å²) < 4.78 is 0. The Bertz CT molecular complexity index is 841. The molecule has 0 aliphatic heterocycles. The van der Waals surface area contributed by atoms with E-state index in [4.69, 9.17) is 0 Å². The number of carboxylic acid groups (broad SMARTS) is 1. The summed E-state index contributed by atoms with van der Waals surface area (Å²) in [6, 6.07) is -0.829. The number of fused-ring (bicyclic) bond motifs is 5. The van der Waals surface area contributed by atoms with E-state index in [1.54, 1.807) is 11.8 Å². The van der Waals surface area contributed by atoms with Crippen LogP contribution in [0.4, 0.5) is 0 Å². The van der Waals surface area contributed by atoms with Crippen molar-refractivity contribution in [2.24, 2.45) is 46.3 Å². The number of carbonyl (C=O) groups is 2. The molecule has 37 heavy (non-hydrogen) atoms. The lowest BCUT2D eigenvalue weighted by atomic mass is 9.43. The highest BCUT2D eigenvalue weighted by Crippen LogP contribution is 2.68. The zero-order chi connectivity index (χ0) is 27.1. The number of hydrogen-bond acceptors (Lipinski definition) is 6.